The zero-order valence-corrected chi connectivity index (χ0v) is 11.8. The van der Waals surface area contributed by atoms with Crippen LogP contribution in [0.5, 0.6) is 0 Å². The summed E-state index contributed by atoms with van der Waals surface area (Å²) in [7, 11) is 0. The van der Waals surface area contributed by atoms with Crippen LogP contribution in [0.1, 0.15) is 24.0 Å². The first-order chi connectivity index (χ1) is 10.1. The molecule has 0 atom stereocenters. The van der Waals surface area contributed by atoms with Crippen molar-refractivity contribution < 1.29 is 9.90 Å². The molecule has 1 N–H and O–H groups in total. The first kappa shape index (κ1) is 13.6. The van der Waals surface area contributed by atoms with Crippen LogP contribution in [0.25, 0.3) is 11.1 Å². The molecular formula is C16H11ClN2O2. The van der Waals surface area contributed by atoms with Crippen molar-refractivity contribution in [2.75, 3.05) is 0 Å². The Morgan fingerprint density at radius 3 is 2.62 bits per heavy atom. The largest absolute Gasteiger partial charge is 0.481 e. The summed E-state index contributed by atoms with van der Waals surface area (Å²) in [5, 5.41) is 18.6. The highest BCUT2D eigenvalue weighted by Crippen LogP contribution is 2.48. The third-order valence-corrected chi connectivity index (χ3v) is 4.19. The van der Waals surface area contributed by atoms with Crippen molar-refractivity contribution >= 4 is 17.6 Å². The van der Waals surface area contributed by atoms with E-state index in [0.29, 0.717) is 29.0 Å². The molecule has 21 heavy (non-hydrogen) atoms. The van der Waals surface area contributed by atoms with Gasteiger partial charge in [-0.25, -0.2) is 0 Å². The molecule has 1 heterocycles. The Morgan fingerprint density at radius 1 is 1.29 bits per heavy atom. The van der Waals surface area contributed by atoms with Crippen molar-refractivity contribution in [1.29, 1.82) is 5.26 Å². The SMILES string of the molecule is N#Cc1ccc(-c2cncc(C3(C(=O)O)CC3)c2)cc1Cl. The van der Waals surface area contributed by atoms with E-state index in [9.17, 15) is 9.90 Å². The van der Waals surface area contributed by atoms with Crippen molar-refractivity contribution in [3.63, 3.8) is 0 Å². The fourth-order valence-electron chi connectivity index (χ4n) is 2.40. The zero-order valence-electron chi connectivity index (χ0n) is 11.0. The molecule has 0 bridgehead atoms. The molecule has 1 saturated carbocycles. The highest BCUT2D eigenvalue weighted by Gasteiger charge is 2.52. The van der Waals surface area contributed by atoms with Crippen molar-refractivity contribution in [2.24, 2.45) is 0 Å². The second-order valence-corrected chi connectivity index (χ2v) is 5.56. The zero-order chi connectivity index (χ0) is 15.0. The van der Waals surface area contributed by atoms with Gasteiger partial charge in [0.05, 0.1) is 16.0 Å². The fraction of sp³-hybridized carbons (Fsp3) is 0.188. The molecule has 1 fully saturated rings. The summed E-state index contributed by atoms with van der Waals surface area (Å²) in [4.78, 5) is 15.5. The van der Waals surface area contributed by atoms with Crippen LogP contribution in [-0.2, 0) is 10.2 Å². The van der Waals surface area contributed by atoms with Crippen molar-refractivity contribution in [1.82, 2.24) is 4.98 Å². The second-order valence-electron chi connectivity index (χ2n) is 5.16. The minimum absolute atomic E-state index is 0.375. The molecule has 0 aliphatic heterocycles. The van der Waals surface area contributed by atoms with Crippen LogP contribution in [0, 0.1) is 11.3 Å². The van der Waals surface area contributed by atoms with Crippen LogP contribution < -0.4 is 0 Å². The summed E-state index contributed by atoms with van der Waals surface area (Å²) >= 11 is 6.03. The molecule has 4 nitrogen and oxygen atoms in total. The number of nitrogens with zero attached hydrogens (tertiary/aromatic N) is 2. The molecule has 0 radical (unpaired) electrons. The third-order valence-electron chi connectivity index (χ3n) is 3.87. The number of carbonyl (C=O) groups is 1. The van der Waals surface area contributed by atoms with Gasteiger partial charge in [-0.1, -0.05) is 17.7 Å². The Labute approximate surface area is 126 Å². The average Bonchev–Trinajstić information content (AvgIpc) is 3.29. The van der Waals surface area contributed by atoms with E-state index in [1.54, 1.807) is 30.6 Å². The third kappa shape index (κ3) is 2.26. The minimum atomic E-state index is -0.806. The van der Waals surface area contributed by atoms with Gasteiger partial charge in [-0.2, -0.15) is 5.26 Å². The van der Waals surface area contributed by atoms with E-state index in [-0.39, 0.29) is 0 Å². The monoisotopic (exact) mass is 298 g/mol. The highest BCUT2D eigenvalue weighted by molar-refractivity contribution is 6.32. The smallest absolute Gasteiger partial charge is 0.314 e. The van der Waals surface area contributed by atoms with Gasteiger partial charge in [0.1, 0.15) is 6.07 Å². The van der Waals surface area contributed by atoms with Crippen molar-refractivity contribution in [3.05, 3.63) is 52.8 Å². The molecule has 1 aromatic carbocycles. The fourth-order valence-corrected chi connectivity index (χ4v) is 2.62. The molecule has 0 amide bonds. The summed E-state index contributed by atoms with van der Waals surface area (Å²) in [5.41, 5.74) is 1.96. The molecule has 3 rings (SSSR count). The van der Waals surface area contributed by atoms with Gasteiger partial charge in [-0.05, 0) is 42.2 Å². The number of hydrogen-bond donors (Lipinski definition) is 1. The van der Waals surface area contributed by atoms with E-state index in [4.69, 9.17) is 16.9 Å². The summed E-state index contributed by atoms with van der Waals surface area (Å²) in [6, 6.07) is 8.97. The van der Waals surface area contributed by atoms with Gasteiger partial charge in [0.2, 0.25) is 0 Å². The maximum atomic E-state index is 11.4. The molecular weight excluding hydrogens is 288 g/mol. The number of carboxylic acid groups (broad SMARTS) is 1. The Kier molecular flexibility index (Phi) is 3.15. The van der Waals surface area contributed by atoms with E-state index in [1.807, 2.05) is 12.1 Å². The maximum absolute atomic E-state index is 11.4. The number of aromatic nitrogens is 1. The lowest BCUT2D eigenvalue weighted by atomic mass is 9.95. The van der Waals surface area contributed by atoms with Crippen LogP contribution in [0.3, 0.4) is 0 Å². The topological polar surface area (TPSA) is 74.0 Å². The Balaban J connectivity index is 2.03. The second kappa shape index (κ2) is 4.87. The Morgan fingerprint density at radius 2 is 2.05 bits per heavy atom. The normalized spacial score (nSPS) is 15.2. The quantitative estimate of drug-likeness (QED) is 0.942. The first-order valence-corrected chi connectivity index (χ1v) is 6.83. The number of pyridine rings is 1. The Hall–Kier alpha value is -2.38. The van der Waals surface area contributed by atoms with Crippen molar-refractivity contribution in [3.8, 4) is 17.2 Å². The molecule has 104 valence electrons. The van der Waals surface area contributed by atoms with Crippen LogP contribution >= 0.6 is 11.6 Å². The minimum Gasteiger partial charge on any atom is -0.481 e. The molecule has 2 aromatic rings. The van der Waals surface area contributed by atoms with E-state index in [0.717, 1.165) is 11.1 Å². The first-order valence-electron chi connectivity index (χ1n) is 6.46. The summed E-state index contributed by atoms with van der Waals surface area (Å²) in [6.45, 7) is 0. The Bertz CT molecular complexity index is 776. The van der Waals surface area contributed by atoms with Gasteiger partial charge in [0.25, 0.3) is 0 Å². The molecule has 1 aromatic heterocycles. The van der Waals surface area contributed by atoms with E-state index < -0.39 is 11.4 Å². The summed E-state index contributed by atoms with van der Waals surface area (Å²) in [6.07, 6.45) is 4.55. The van der Waals surface area contributed by atoms with Crippen LogP contribution in [-0.4, -0.2) is 16.1 Å². The van der Waals surface area contributed by atoms with E-state index >= 15 is 0 Å². The maximum Gasteiger partial charge on any atom is 0.314 e. The number of aliphatic carboxylic acids is 1. The molecule has 0 saturated heterocycles. The lowest BCUT2D eigenvalue weighted by Gasteiger charge is -2.11. The number of carboxylic acids is 1. The van der Waals surface area contributed by atoms with Gasteiger partial charge >= 0.3 is 5.97 Å². The lowest BCUT2D eigenvalue weighted by molar-refractivity contribution is -0.140. The van der Waals surface area contributed by atoms with Gasteiger partial charge in [0.15, 0.2) is 0 Å². The highest BCUT2D eigenvalue weighted by atomic mass is 35.5. The van der Waals surface area contributed by atoms with Gasteiger partial charge in [-0.3, -0.25) is 9.78 Å². The number of nitriles is 1. The molecule has 1 aliphatic carbocycles. The van der Waals surface area contributed by atoms with E-state index in [1.165, 1.54) is 0 Å². The van der Waals surface area contributed by atoms with Gasteiger partial charge < -0.3 is 5.11 Å². The van der Waals surface area contributed by atoms with Gasteiger partial charge in [-0.15, -0.1) is 0 Å². The average molecular weight is 299 g/mol. The lowest BCUT2D eigenvalue weighted by Crippen LogP contribution is -2.19. The van der Waals surface area contributed by atoms with Crippen LogP contribution in [0.4, 0.5) is 0 Å². The summed E-state index contributed by atoms with van der Waals surface area (Å²) < 4.78 is 0. The van der Waals surface area contributed by atoms with Crippen molar-refractivity contribution in [2.45, 2.75) is 18.3 Å². The molecule has 5 heteroatoms. The predicted molar refractivity (Wildman–Crippen MR) is 77.9 cm³/mol. The van der Waals surface area contributed by atoms with Gasteiger partial charge in [0, 0.05) is 18.0 Å². The number of rotatable bonds is 3. The van der Waals surface area contributed by atoms with Crippen LogP contribution in [0.2, 0.25) is 5.02 Å². The predicted octanol–water partition coefficient (Wildman–Crippen LogP) is 3.39. The molecule has 0 unspecified atom stereocenters. The molecule has 1 aliphatic rings. The molecule has 0 spiro atoms. The number of benzene rings is 1. The number of hydrogen-bond acceptors (Lipinski definition) is 3. The standard InChI is InChI=1S/C16H11ClN2O2/c17-14-6-10(1-2-11(14)7-18)12-5-13(9-19-8-12)16(3-4-16)15(20)21/h1-2,5-6,8-9H,3-4H2,(H,20,21). The van der Waals surface area contributed by atoms with E-state index in [2.05, 4.69) is 4.98 Å². The summed E-state index contributed by atoms with van der Waals surface area (Å²) in [5.74, 6) is -0.806. The van der Waals surface area contributed by atoms with Crippen LogP contribution in [0.15, 0.2) is 36.7 Å². The number of halogens is 1.